The van der Waals surface area contributed by atoms with E-state index in [1.165, 1.54) is 5.56 Å². The summed E-state index contributed by atoms with van der Waals surface area (Å²) in [6.07, 6.45) is 2.09. The van der Waals surface area contributed by atoms with Crippen molar-refractivity contribution in [1.82, 2.24) is 10.2 Å². The molecular formula is C23H29N3O3. The van der Waals surface area contributed by atoms with Gasteiger partial charge in [-0.25, -0.2) is 0 Å². The van der Waals surface area contributed by atoms with E-state index in [0.717, 1.165) is 19.3 Å². The number of likely N-dealkylation sites (N-methyl/N-ethyl adjacent to an activating group) is 1. The van der Waals surface area contributed by atoms with Crippen molar-refractivity contribution < 1.29 is 14.3 Å². The average molecular weight is 396 g/mol. The van der Waals surface area contributed by atoms with Crippen LogP contribution in [0.5, 0.6) is 0 Å². The molecule has 1 aliphatic rings. The van der Waals surface area contributed by atoms with E-state index in [-0.39, 0.29) is 17.9 Å². The number of amides is 2. The quantitative estimate of drug-likeness (QED) is 0.721. The number of rotatable bonds is 8. The Labute approximate surface area is 172 Å². The summed E-state index contributed by atoms with van der Waals surface area (Å²) in [4.78, 5) is 27.0. The summed E-state index contributed by atoms with van der Waals surface area (Å²) >= 11 is 0. The lowest BCUT2D eigenvalue weighted by Gasteiger charge is -2.25. The Balaban J connectivity index is 1.57. The van der Waals surface area contributed by atoms with Crippen LogP contribution in [0.15, 0.2) is 54.6 Å². The third-order valence-corrected chi connectivity index (χ3v) is 5.16. The van der Waals surface area contributed by atoms with Crippen LogP contribution in [0.25, 0.3) is 0 Å². The van der Waals surface area contributed by atoms with Crippen molar-refractivity contribution in [2.45, 2.75) is 31.4 Å². The number of benzene rings is 2. The molecule has 1 heterocycles. The largest absolute Gasteiger partial charge is 0.368 e. The number of nitrogens with zero attached hydrogens (tertiary/aromatic N) is 1. The summed E-state index contributed by atoms with van der Waals surface area (Å²) in [6, 6.07) is 17.4. The smallest absolute Gasteiger partial charge is 0.253 e. The minimum Gasteiger partial charge on any atom is -0.368 e. The molecule has 6 heteroatoms. The molecule has 2 aromatic rings. The predicted octanol–water partition coefficient (Wildman–Crippen LogP) is 2.71. The monoisotopic (exact) mass is 395 g/mol. The number of nitrogens with one attached hydrogen (secondary N) is 2. The molecular weight excluding hydrogens is 366 g/mol. The molecule has 6 nitrogen and oxygen atoms in total. The second kappa shape index (κ2) is 10.2. The Bertz CT molecular complexity index is 817. The van der Waals surface area contributed by atoms with Gasteiger partial charge >= 0.3 is 0 Å². The maximum atomic E-state index is 12.7. The van der Waals surface area contributed by atoms with Gasteiger partial charge in [0.2, 0.25) is 0 Å². The first-order chi connectivity index (χ1) is 14.0. The van der Waals surface area contributed by atoms with Crippen LogP contribution in [0.1, 0.15) is 28.8 Å². The van der Waals surface area contributed by atoms with Gasteiger partial charge in [0.1, 0.15) is 6.10 Å². The first-order valence-corrected chi connectivity index (χ1v) is 10.0. The van der Waals surface area contributed by atoms with Crippen LogP contribution in [-0.2, 0) is 16.0 Å². The van der Waals surface area contributed by atoms with Gasteiger partial charge in [0.15, 0.2) is 0 Å². The van der Waals surface area contributed by atoms with E-state index in [4.69, 9.17) is 4.74 Å². The summed E-state index contributed by atoms with van der Waals surface area (Å²) in [5.74, 6) is -0.311. The van der Waals surface area contributed by atoms with Gasteiger partial charge in [-0.05, 0) is 57.1 Å². The van der Waals surface area contributed by atoms with Crippen molar-refractivity contribution in [3.8, 4) is 0 Å². The van der Waals surface area contributed by atoms with Crippen molar-refractivity contribution in [3.63, 3.8) is 0 Å². The molecule has 0 saturated carbocycles. The summed E-state index contributed by atoms with van der Waals surface area (Å²) in [5.41, 5.74) is 2.36. The predicted molar refractivity (Wildman–Crippen MR) is 114 cm³/mol. The summed E-state index contributed by atoms with van der Waals surface area (Å²) in [5, 5.41) is 5.86. The van der Waals surface area contributed by atoms with Gasteiger partial charge in [-0.1, -0.05) is 36.4 Å². The van der Waals surface area contributed by atoms with Crippen LogP contribution in [0.4, 0.5) is 5.69 Å². The van der Waals surface area contributed by atoms with Crippen LogP contribution in [0.3, 0.4) is 0 Å². The first-order valence-electron chi connectivity index (χ1n) is 10.0. The number of hydrogen-bond acceptors (Lipinski definition) is 4. The van der Waals surface area contributed by atoms with Crippen LogP contribution >= 0.6 is 0 Å². The fraction of sp³-hybridized carbons (Fsp3) is 0.391. The van der Waals surface area contributed by atoms with E-state index in [2.05, 4.69) is 27.7 Å². The van der Waals surface area contributed by atoms with Gasteiger partial charge in [-0.3, -0.25) is 9.59 Å². The van der Waals surface area contributed by atoms with E-state index in [1.54, 1.807) is 24.3 Å². The second-order valence-electron chi connectivity index (χ2n) is 7.59. The molecule has 0 spiro atoms. The van der Waals surface area contributed by atoms with Crippen LogP contribution in [0, 0.1) is 0 Å². The maximum absolute atomic E-state index is 12.7. The molecule has 2 unspecified atom stereocenters. The molecule has 1 aliphatic heterocycles. The lowest BCUT2D eigenvalue weighted by molar-refractivity contribution is -0.124. The van der Waals surface area contributed by atoms with Crippen LogP contribution in [-0.4, -0.2) is 56.1 Å². The minimum atomic E-state index is -0.397. The highest BCUT2D eigenvalue weighted by Crippen LogP contribution is 2.16. The third-order valence-electron chi connectivity index (χ3n) is 5.16. The fourth-order valence-corrected chi connectivity index (χ4v) is 3.38. The standard InChI is InChI=1S/C23H29N3O3/c1-26(2)20(14-17-8-4-3-5-9-17)16-24-22(27)18-10-6-11-19(15-18)25-23(28)21-12-7-13-29-21/h3-6,8-11,15,20-21H,7,12-14,16H2,1-2H3,(H,24,27)(H,25,28). The highest BCUT2D eigenvalue weighted by Gasteiger charge is 2.23. The SMILES string of the molecule is CN(C)C(CNC(=O)c1cccc(NC(=O)C2CCCO2)c1)Cc1ccccc1. The minimum absolute atomic E-state index is 0.155. The number of anilines is 1. The van der Waals surface area contributed by atoms with Gasteiger partial charge < -0.3 is 20.3 Å². The molecule has 2 amide bonds. The Morgan fingerprint density at radius 2 is 1.93 bits per heavy atom. The van der Waals surface area contributed by atoms with Gasteiger partial charge in [-0.15, -0.1) is 0 Å². The van der Waals surface area contributed by atoms with Crippen molar-refractivity contribution >= 4 is 17.5 Å². The Hall–Kier alpha value is -2.70. The highest BCUT2D eigenvalue weighted by atomic mass is 16.5. The molecule has 1 saturated heterocycles. The molecule has 2 atom stereocenters. The fourth-order valence-electron chi connectivity index (χ4n) is 3.38. The van der Waals surface area contributed by atoms with Gasteiger partial charge in [-0.2, -0.15) is 0 Å². The molecule has 2 N–H and O–H groups in total. The number of carbonyl (C=O) groups excluding carboxylic acids is 2. The zero-order valence-corrected chi connectivity index (χ0v) is 17.1. The van der Waals surface area contributed by atoms with E-state index >= 15 is 0 Å². The zero-order chi connectivity index (χ0) is 20.6. The van der Waals surface area contributed by atoms with Crippen molar-refractivity contribution in [2.24, 2.45) is 0 Å². The topological polar surface area (TPSA) is 70.7 Å². The molecule has 3 rings (SSSR count). The van der Waals surface area contributed by atoms with Gasteiger partial charge in [0, 0.05) is 30.4 Å². The average Bonchev–Trinajstić information content (AvgIpc) is 3.27. The second-order valence-corrected chi connectivity index (χ2v) is 7.59. The number of hydrogen-bond donors (Lipinski definition) is 2. The third kappa shape index (κ3) is 6.14. The van der Waals surface area contributed by atoms with E-state index < -0.39 is 6.10 Å². The van der Waals surface area contributed by atoms with Crippen molar-refractivity contribution in [2.75, 3.05) is 32.6 Å². The highest BCUT2D eigenvalue weighted by molar-refractivity contribution is 5.98. The van der Waals surface area contributed by atoms with Crippen molar-refractivity contribution in [3.05, 3.63) is 65.7 Å². The van der Waals surface area contributed by atoms with Gasteiger partial charge in [0.05, 0.1) is 0 Å². The molecule has 154 valence electrons. The molecule has 1 fully saturated rings. The number of carbonyl (C=O) groups is 2. The molecule has 0 aromatic heterocycles. The number of ether oxygens (including phenoxy) is 1. The Morgan fingerprint density at radius 3 is 2.62 bits per heavy atom. The maximum Gasteiger partial charge on any atom is 0.253 e. The molecule has 0 aliphatic carbocycles. The lowest BCUT2D eigenvalue weighted by atomic mass is 10.0. The summed E-state index contributed by atoms with van der Waals surface area (Å²) in [7, 11) is 4.03. The van der Waals surface area contributed by atoms with Crippen molar-refractivity contribution in [1.29, 1.82) is 0 Å². The molecule has 29 heavy (non-hydrogen) atoms. The molecule has 0 bridgehead atoms. The van der Waals surface area contributed by atoms with Crippen LogP contribution < -0.4 is 10.6 Å². The zero-order valence-electron chi connectivity index (χ0n) is 17.1. The van der Waals surface area contributed by atoms with Crippen LogP contribution in [0.2, 0.25) is 0 Å². The first kappa shape index (κ1) is 21.0. The normalized spacial score (nSPS) is 17.1. The molecule has 0 radical (unpaired) electrons. The van der Waals surface area contributed by atoms with E-state index in [9.17, 15) is 9.59 Å². The summed E-state index contributed by atoms with van der Waals surface area (Å²) < 4.78 is 5.40. The molecule has 2 aromatic carbocycles. The lowest BCUT2D eigenvalue weighted by Crippen LogP contribution is -2.41. The van der Waals surface area contributed by atoms with E-state index in [0.29, 0.717) is 24.4 Å². The Morgan fingerprint density at radius 1 is 1.14 bits per heavy atom. The summed E-state index contributed by atoms with van der Waals surface area (Å²) in [6.45, 7) is 1.16. The Kier molecular flexibility index (Phi) is 7.38. The van der Waals surface area contributed by atoms with Gasteiger partial charge in [0.25, 0.3) is 11.8 Å². The van der Waals surface area contributed by atoms with E-state index in [1.807, 2.05) is 32.3 Å².